The lowest BCUT2D eigenvalue weighted by molar-refractivity contribution is 0.102. The number of sulfonamides is 1. The summed E-state index contributed by atoms with van der Waals surface area (Å²) in [6.07, 6.45) is 2.64. The van der Waals surface area contributed by atoms with Crippen molar-refractivity contribution in [2.45, 2.75) is 0 Å². The van der Waals surface area contributed by atoms with Gasteiger partial charge in [0.1, 0.15) is 5.75 Å². The van der Waals surface area contributed by atoms with Gasteiger partial charge in [-0.1, -0.05) is 36.4 Å². The number of carbonyl (C=O) groups is 1. The van der Waals surface area contributed by atoms with Crippen LogP contribution < -0.4 is 20.1 Å². The number of hydrogen-bond acceptors (Lipinski definition) is 7. The Balaban J connectivity index is 1.32. The predicted octanol–water partition coefficient (Wildman–Crippen LogP) is 5.79. The minimum atomic E-state index is -3.40. The molecule has 4 aromatic carbocycles. The third kappa shape index (κ3) is 6.23. The van der Waals surface area contributed by atoms with Gasteiger partial charge in [-0.3, -0.25) is 9.52 Å². The SMILES string of the molecule is CS(=O)(=O)Nc1cccc(Nc2nccc(Oc3ccc4c(C(=O)Nc5ccccc5)cccc4c3)n2)c1. The van der Waals surface area contributed by atoms with Gasteiger partial charge in [0.25, 0.3) is 5.91 Å². The van der Waals surface area contributed by atoms with Gasteiger partial charge in [-0.05, 0) is 65.4 Å². The van der Waals surface area contributed by atoms with Crippen molar-refractivity contribution in [2.24, 2.45) is 0 Å². The van der Waals surface area contributed by atoms with Crippen molar-refractivity contribution >= 4 is 49.7 Å². The summed E-state index contributed by atoms with van der Waals surface area (Å²) in [5.41, 5.74) is 2.29. The smallest absolute Gasteiger partial charge is 0.256 e. The van der Waals surface area contributed by atoms with Crippen LogP contribution in [-0.2, 0) is 10.0 Å². The van der Waals surface area contributed by atoms with Gasteiger partial charge >= 0.3 is 0 Å². The van der Waals surface area contributed by atoms with E-state index >= 15 is 0 Å². The van der Waals surface area contributed by atoms with E-state index in [4.69, 9.17) is 4.74 Å². The second-order valence-corrected chi connectivity index (χ2v) is 10.2. The van der Waals surface area contributed by atoms with Crippen LogP contribution in [0.5, 0.6) is 11.6 Å². The second kappa shape index (κ2) is 10.6. The predicted molar refractivity (Wildman–Crippen MR) is 149 cm³/mol. The molecule has 10 heteroatoms. The third-order valence-corrected chi connectivity index (χ3v) is 6.01. The number of hydrogen-bond donors (Lipinski definition) is 3. The molecule has 0 radical (unpaired) electrons. The highest BCUT2D eigenvalue weighted by atomic mass is 32.2. The molecule has 0 fully saturated rings. The first-order valence-electron chi connectivity index (χ1n) is 11.6. The second-order valence-electron chi connectivity index (χ2n) is 8.41. The van der Waals surface area contributed by atoms with Crippen LogP contribution >= 0.6 is 0 Å². The first-order chi connectivity index (χ1) is 18.3. The maximum atomic E-state index is 12.9. The fraction of sp³-hybridized carbons (Fsp3) is 0.0357. The molecule has 0 saturated carbocycles. The first-order valence-corrected chi connectivity index (χ1v) is 13.5. The highest BCUT2D eigenvalue weighted by molar-refractivity contribution is 7.92. The lowest BCUT2D eigenvalue weighted by atomic mass is 10.0. The molecule has 1 amide bonds. The fourth-order valence-corrected chi connectivity index (χ4v) is 4.38. The zero-order chi connectivity index (χ0) is 26.5. The van der Waals surface area contributed by atoms with Gasteiger partial charge in [0.2, 0.25) is 21.9 Å². The number of carbonyl (C=O) groups excluding carboxylic acids is 1. The molecule has 5 aromatic rings. The molecule has 1 heterocycles. The molecular formula is C28H23N5O4S. The molecule has 0 aliphatic heterocycles. The van der Waals surface area contributed by atoms with Crippen LogP contribution in [-0.4, -0.2) is 30.5 Å². The number of fused-ring (bicyclic) bond motifs is 1. The Morgan fingerprint density at radius 1 is 0.816 bits per heavy atom. The van der Waals surface area contributed by atoms with Gasteiger partial charge in [0, 0.05) is 29.2 Å². The summed E-state index contributed by atoms with van der Waals surface area (Å²) in [6, 6.07) is 28.6. The average Bonchev–Trinajstić information content (AvgIpc) is 2.88. The number of anilines is 4. The molecule has 38 heavy (non-hydrogen) atoms. The molecular weight excluding hydrogens is 502 g/mol. The molecule has 0 aliphatic rings. The molecule has 0 saturated heterocycles. The van der Waals surface area contributed by atoms with Crippen molar-refractivity contribution in [2.75, 3.05) is 21.6 Å². The molecule has 0 unspecified atom stereocenters. The molecule has 9 nitrogen and oxygen atoms in total. The summed E-state index contributed by atoms with van der Waals surface area (Å²) < 4.78 is 31.4. The number of para-hydroxylation sites is 1. The maximum Gasteiger partial charge on any atom is 0.256 e. The number of benzene rings is 4. The summed E-state index contributed by atoms with van der Waals surface area (Å²) in [5.74, 6) is 0.935. The zero-order valence-electron chi connectivity index (χ0n) is 20.3. The molecule has 0 spiro atoms. The van der Waals surface area contributed by atoms with Gasteiger partial charge in [-0.2, -0.15) is 4.98 Å². The summed E-state index contributed by atoms with van der Waals surface area (Å²) in [5, 5.41) is 7.59. The number of rotatable bonds is 8. The lowest BCUT2D eigenvalue weighted by Gasteiger charge is -2.11. The standard InChI is InChI=1S/C28H23N5O4S/c1-38(35,36)33-22-11-6-10-21(18-22)31-28-29-16-15-26(32-28)37-23-13-14-24-19(17-23)7-5-12-25(24)27(34)30-20-8-3-2-4-9-20/h2-18,33H,1H3,(H,30,34)(H,29,31,32). The van der Waals surface area contributed by atoms with E-state index in [-0.39, 0.29) is 11.9 Å². The number of nitrogens with zero attached hydrogens (tertiary/aromatic N) is 2. The largest absolute Gasteiger partial charge is 0.439 e. The number of ether oxygens (including phenoxy) is 1. The highest BCUT2D eigenvalue weighted by Gasteiger charge is 2.12. The summed E-state index contributed by atoms with van der Waals surface area (Å²) in [6.45, 7) is 0. The van der Waals surface area contributed by atoms with Crippen LogP contribution in [0, 0.1) is 0 Å². The Labute approximate surface area is 219 Å². The Bertz CT molecular complexity index is 1730. The molecule has 5 rings (SSSR count). The first kappa shape index (κ1) is 24.7. The van der Waals surface area contributed by atoms with E-state index in [2.05, 4.69) is 25.3 Å². The molecule has 0 atom stereocenters. The van der Waals surface area contributed by atoms with E-state index in [1.165, 1.54) is 0 Å². The fourth-order valence-electron chi connectivity index (χ4n) is 3.83. The Kier molecular flexibility index (Phi) is 6.88. The van der Waals surface area contributed by atoms with Crippen molar-refractivity contribution < 1.29 is 17.9 Å². The van der Waals surface area contributed by atoms with Gasteiger partial charge in [0.15, 0.2) is 0 Å². The summed E-state index contributed by atoms with van der Waals surface area (Å²) in [7, 11) is -3.40. The van der Waals surface area contributed by atoms with E-state index in [0.29, 0.717) is 28.6 Å². The monoisotopic (exact) mass is 525 g/mol. The number of nitrogens with one attached hydrogen (secondary N) is 3. The molecule has 1 aromatic heterocycles. The van der Waals surface area contributed by atoms with Crippen molar-refractivity contribution in [3.8, 4) is 11.6 Å². The number of amides is 1. The van der Waals surface area contributed by atoms with E-state index in [0.717, 1.165) is 22.7 Å². The van der Waals surface area contributed by atoms with Gasteiger partial charge in [-0.25, -0.2) is 13.4 Å². The highest BCUT2D eigenvalue weighted by Crippen LogP contribution is 2.28. The number of aromatic nitrogens is 2. The maximum absolute atomic E-state index is 12.9. The third-order valence-electron chi connectivity index (χ3n) is 5.40. The van der Waals surface area contributed by atoms with E-state index in [1.807, 2.05) is 54.6 Å². The van der Waals surface area contributed by atoms with Crippen molar-refractivity contribution in [3.05, 3.63) is 109 Å². The minimum absolute atomic E-state index is 0.196. The molecule has 0 bridgehead atoms. The average molecular weight is 526 g/mol. The molecule has 3 N–H and O–H groups in total. The van der Waals surface area contributed by atoms with Crippen molar-refractivity contribution in [3.63, 3.8) is 0 Å². The summed E-state index contributed by atoms with van der Waals surface area (Å²) >= 11 is 0. The van der Waals surface area contributed by atoms with E-state index in [9.17, 15) is 13.2 Å². The quantitative estimate of drug-likeness (QED) is 0.234. The normalized spacial score (nSPS) is 11.1. The summed E-state index contributed by atoms with van der Waals surface area (Å²) in [4.78, 5) is 21.5. The van der Waals surface area contributed by atoms with E-state index < -0.39 is 10.0 Å². The van der Waals surface area contributed by atoms with Gasteiger partial charge in [-0.15, -0.1) is 0 Å². The Hall–Kier alpha value is -4.96. The van der Waals surface area contributed by atoms with Crippen LogP contribution in [0.15, 0.2) is 103 Å². The topological polar surface area (TPSA) is 122 Å². The molecule has 0 aliphatic carbocycles. The Morgan fingerprint density at radius 2 is 1.58 bits per heavy atom. The van der Waals surface area contributed by atoms with Gasteiger partial charge in [0.05, 0.1) is 11.9 Å². The van der Waals surface area contributed by atoms with Crippen LogP contribution in [0.4, 0.5) is 23.0 Å². The minimum Gasteiger partial charge on any atom is -0.439 e. The van der Waals surface area contributed by atoms with Crippen LogP contribution in [0.3, 0.4) is 0 Å². The molecule has 190 valence electrons. The van der Waals surface area contributed by atoms with Crippen molar-refractivity contribution in [1.29, 1.82) is 0 Å². The van der Waals surface area contributed by atoms with Crippen molar-refractivity contribution in [1.82, 2.24) is 9.97 Å². The van der Waals surface area contributed by atoms with Gasteiger partial charge < -0.3 is 15.4 Å². The van der Waals surface area contributed by atoms with E-state index in [1.54, 1.807) is 48.7 Å². The lowest BCUT2D eigenvalue weighted by Crippen LogP contribution is -2.12. The Morgan fingerprint density at radius 3 is 2.39 bits per heavy atom. The zero-order valence-corrected chi connectivity index (χ0v) is 21.1. The van der Waals surface area contributed by atoms with Crippen LogP contribution in [0.25, 0.3) is 10.8 Å². The van der Waals surface area contributed by atoms with Crippen LogP contribution in [0.1, 0.15) is 10.4 Å². The van der Waals surface area contributed by atoms with Crippen LogP contribution in [0.2, 0.25) is 0 Å².